The van der Waals surface area contributed by atoms with Gasteiger partial charge in [-0.2, -0.15) is 4.31 Å². The van der Waals surface area contributed by atoms with Gasteiger partial charge in [0.05, 0.1) is 22.6 Å². The Bertz CT molecular complexity index is 1470. The molecular formula is C23H24N4O7S2. The van der Waals surface area contributed by atoms with Crippen molar-refractivity contribution in [2.45, 2.75) is 9.79 Å². The Morgan fingerprint density at radius 3 is 2.11 bits per heavy atom. The van der Waals surface area contributed by atoms with Crippen molar-refractivity contribution in [2.75, 3.05) is 42.9 Å². The first kappa shape index (κ1) is 25.4. The number of nitrogens with one attached hydrogen (secondary N) is 1. The van der Waals surface area contributed by atoms with Gasteiger partial charge in [-0.15, -0.1) is 0 Å². The molecule has 0 amide bonds. The van der Waals surface area contributed by atoms with Crippen molar-refractivity contribution < 1.29 is 26.5 Å². The summed E-state index contributed by atoms with van der Waals surface area (Å²) in [6, 6.07) is 17.7. The highest BCUT2D eigenvalue weighted by Gasteiger charge is 2.30. The second kappa shape index (κ2) is 10.1. The maximum atomic E-state index is 13.2. The van der Waals surface area contributed by atoms with Gasteiger partial charge in [-0.05, 0) is 42.5 Å². The molecule has 1 aliphatic rings. The van der Waals surface area contributed by atoms with Gasteiger partial charge >= 0.3 is 0 Å². The minimum absolute atomic E-state index is 0.0156. The Balaban J connectivity index is 1.46. The number of methoxy groups -OCH3 is 1. The van der Waals surface area contributed by atoms with E-state index in [-0.39, 0.29) is 23.7 Å². The first-order valence-corrected chi connectivity index (χ1v) is 13.8. The monoisotopic (exact) mass is 532 g/mol. The van der Waals surface area contributed by atoms with Crippen LogP contribution in [-0.4, -0.2) is 59.4 Å². The maximum absolute atomic E-state index is 13.2. The SMILES string of the molecule is COc1ccccc1N1CCN(S(=O)(=O)c2ccc(NS(=O)(=O)c3ccccc3[N+](=O)[O-])cc2)CC1. The molecule has 0 atom stereocenters. The van der Waals surface area contributed by atoms with E-state index in [1.54, 1.807) is 7.11 Å². The van der Waals surface area contributed by atoms with Crippen molar-refractivity contribution in [3.63, 3.8) is 0 Å². The number of para-hydroxylation sites is 3. The van der Waals surface area contributed by atoms with Gasteiger partial charge in [0, 0.05) is 37.9 Å². The Hall–Kier alpha value is -3.68. The first-order valence-electron chi connectivity index (χ1n) is 10.9. The highest BCUT2D eigenvalue weighted by molar-refractivity contribution is 7.93. The Labute approximate surface area is 209 Å². The molecule has 1 aliphatic heterocycles. The lowest BCUT2D eigenvalue weighted by Gasteiger charge is -2.35. The van der Waals surface area contributed by atoms with Crippen molar-refractivity contribution >= 4 is 37.1 Å². The maximum Gasteiger partial charge on any atom is 0.289 e. The van der Waals surface area contributed by atoms with E-state index < -0.39 is 35.6 Å². The summed E-state index contributed by atoms with van der Waals surface area (Å²) >= 11 is 0. The molecule has 0 bridgehead atoms. The fraction of sp³-hybridized carbons (Fsp3) is 0.217. The van der Waals surface area contributed by atoms with Crippen LogP contribution in [-0.2, 0) is 20.0 Å². The van der Waals surface area contributed by atoms with Crippen molar-refractivity contribution in [3.8, 4) is 5.75 Å². The molecule has 13 heteroatoms. The zero-order valence-corrected chi connectivity index (χ0v) is 20.9. The number of nitro groups is 1. The van der Waals surface area contributed by atoms with Crippen molar-refractivity contribution in [2.24, 2.45) is 0 Å². The summed E-state index contributed by atoms with van der Waals surface area (Å²) in [5, 5.41) is 11.2. The van der Waals surface area contributed by atoms with Crippen LogP contribution in [0.5, 0.6) is 5.75 Å². The normalized spacial score (nSPS) is 14.9. The molecule has 11 nitrogen and oxygen atoms in total. The number of nitrogens with zero attached hydrogens (tertiary/aromatic N) is 3. The molecular weight excluding hydrogens is 508 g/mol. The topological polar surface area (TPSA) is 139 Å². The van der Waals surface area contributed by atoms with Gasteiger partial charge < -0.3 is 9.64 Å². The molecule has 1 fully saturated rings. The summed E-state index contributed by atoms with van der Waals surface area (Å²) in [5.41, 5.74) is 0.414. The third kappa shape index (κ3) is 5.12. The van der Waals surface area contributed by atoms with Gasteiger partial charge in [-0.25, -0.2) is 16.8 Å². The van der Waals surface area contributed by atoms with E-state index in [2.05, 4.69) is 9.62 Å². The van der Waals surface area contributed by atoms with E-state index >= 15 is 0 Å². The molecule has 4 rings (SSSR count). The molecule has 0 unspecified atom stereocenters. The largest absolute Gasteiger partial charge is 0.495 e. The number of ether oxygens (including phenoxy) is 1. The van der Waals surface area contributed by atoms with E-state index in [0.717, 1.165) is 17.8 Å². The molecule has 0 radical (unpaired) electrons. The van der Waals surface area contributed by atoms with Gasteiger partial charge in [0.2, 0.25) is 10.0 Å². The predicted octanol–water partition coefficient (Wildman–Crippen LogP) is 2.92. The molecule has 1 N–H and O–H groups in total. The number of rotatable bonds is 8. The number of piperazine rings is 1. The minimum atomic E-state index is -4.26. The van der Waals surface area contributed by atoms with Crippen LogP contribution in [0, 0.1) is 10.1 Å². The lowest BCUT2D eigenvalue weighted by Crippen LogP contribution is -2.48. The average Bonchev–Trinajstić information content (AvgIpc) is 2.89. The van der Waals surface area contributed by atoms with Gasteiger partial charge in [0.25, 0.3) is 15.7 Å². The summed E-state index contributed by atoms with van der Waals surface area (Å²) in [6.07, 6.45) is 0. The summed E-state index contributed by atoms with van der Waals surface area (Å²) in [5.74, 6) is 0.715. The number of hydrogen-bond acceptors (Lipinski definition) is 8. The zero-order valence-electron chi connectivity index (χ0n) is 19.3. The van der Waals surface area contributed by atoms with E-state index in [9.17, 15) is 26.9 Å². The Morgan fingerprint density at radius 2 is 1.47 bits per heavy atom. The molecule has 0 aromatic heterocycles. The lowest BCUT2D eigenvalue weighted by atomic mass is 10.2. The van der Waals surface area contributed by atoms with Crippen LogP contribution >= 0.6 is 0 Å². The first-order chi connectivity index (χ1) is 17.1. The molecule has 1 saturated heterocycles. The second-order valence-corrected chi connectivity index (χ2v) is 11.5. The fourth-order valence-electron chi connectivity index (χ4n) is 3.95. The van der Waals surface area contributed by atoms with E-state index in [4.69, 9.17) is 4.74 Å². The standard InChI is InChI=1S/C23H24N4O7S2/c1-34-22-8-4-2-6-20(22)25-14-16-26(17-15-25)36(32,33)19-12-10-18(11-13-19)24-35(30,31)23-9-5-3-7-21(23)27(28)29/h2-13,24H,14-17H2,1H3. The highest BCUT2D eigenvalue weighted by atomic mass is 32.2. The van der Waals surface area contributed by atoms with Gasteiger partial charge in [0.1, 0.15) is 5.75 Å². The van der Waals surface area contributed by atoms with Crippen LogP contribution in [0.3, 0.4) is 0 Å². The molecule has 3 aromatic rings. The van der Waals surface area contributed by atoms with Gasteiger partial charge in [0.15, 0.2) is 4.90 Å². The fourth-order valence-corrected chi connectivity index (χ4v) is 6.60. The number of benzene rings is 3. The quantitative estimate of drug-likeness (QED) is 0.345. The van der Waals surface area contributed by atoms with E-state index in [1.165, 1.54) is 40.7 Å². The number of nitro benzene ring substituents is 1. The number of anilines is 2. The van der Waals surface area contributed by atoms with Crippen LogP contribution in [0.15, 0.2) is 82.6 Å². The van der Waals surface area contributed by atoms with Crippen molar-refractivity contribution in [3.05, 3.63) is 82.9 Å². The zero-order chi connectivity index (χ0) is 25.9. The summed E-state index contributed by atoms with van der Waals surface area (Å²) in [7, 11) is -6.48. The number of hydrogen-bond donors (Lipinski definition) is 1. The molecule has 1 heterocycles. The Kier molecular flexibility index (Phi) is 7.15. The molecule has 0 saturated carbocycles. The molecule has 0 spiro atoms. The lowest BCUT2D eigenvalue weighted by molar-refractivity contribution is -0.387. The van der Waals surface area contributed by atoms with E-state index in [1.807, 2.05) is 24.3 Å². The second-order valence-electron chi connectivity index (χ2n) is 7.92. The van der Waals surface area contributed by atoms with Crippen LogP contribution in [0.4, 0.5) is 17.1 Å². The van der Waals surface area contributed by atoms with Gasteiger partial charge in [-0.3, -0.25) is 14.8 Å². The van der Waals surface area contributed by atoms with Crippen LogP contribution in [0.1, 0.15) is 0 Å². The molecule has 36 heavy (non-hydrogen) atoms. The smallest absolute Gasteiger partial charge is 0.289 e. The minimum Gasteiger partial charge on any atom is -0.495 e. The number of sulfonamides is 2. The highest BCUT2D eigenvalue weighted by Crippen LogP contribution is 2.30. The van der Waals surface area contributed by atoms with Crippen LogP contribution in [0.2, 0.25) is 0 Å². The molecule has 190 valence electrons. The summed E-state index contributed by atoms with van der Waals surface area (Å²) in [6.45, 7) is 1.50. The average molecular weight is 533 g/mol. The van der Waals surface area contributed by atoms with Crippen LogP contribution in [0.25, 0.3) is 0 Å². The van der Waals surface area contributed by atoms with Gasteiger partial charge in [-0.1, -0.05) is 24.3 Å². The van der Waals surface area contributed by atoms with Crippen LogP contribution < -0.4 is 14.4 Å². The van der Waals surface area contributed by atoms with Crippen molar-refractivity contribution in [1.29, 1.82) is 0 Å². The summed E-state index contributed by atoms with van der Waals surface area (Å²) < 4.78 is 60.8. The third-order valence-electron chi connectivity index (χ3n) is 5.76. The predicted molar refractivity (Wildman–Crippen MR) is 134 cm³/mol. The molecule has 0 aliphatic carbocycles. The summed E-state index contributed by atoms with van der Waals surface area (Å²) in [4.78, 5) is 12.0. The molecule has 3 aromatic carbocycles. The third-order valence-corrected chi connectivity index (χ3v) is 9.10. The van der Waals surface area contributed by atoms with Crippen molar-refractivity contribution in [1.82, 2.24) is 4.31 Å². The van der Waals surface area contributed by atoms with E-state index in [0.29, 0.717) is 18.8 Å². The Morgan fingerprint density at radius 1 is 0.861 bits per heavy atom.